The summed E-state index contributed by atoms with van der Waals surface area (Å²) in [6, 6.07) is 13.0. The molecule has 3 aromatic rings. The van der Waals surface area contributed by atoms with Gasteiger partial charge < -0.3 is 28.9 Å². The Kier molecular flexibility index (Phi) is 8.92. The Labute approximate surface area is 195 Å². The summed E-state index contributed by atoms with van der Waals surface area (Å²) in [5, 5.41) is 21.2. The third kappa shape index (κ3) is 5.86. The molecule has 0 aliphatic carbocycles. The van der Waals surface area contributed by atoms with Crippen molar-refractivity contribution < 1.29 is 58.5 Å². The fourth-order valence-corrected chi connectivity index (χ4v) is 2.94. The van der Waals surface area contributed by atoms with Gasteiger partial charge in [-0.3, -0.25) is 4.79 Å². The molecule has 1 N–H and O–H groups in total. The van der Waals surface area contributed by atoms with Crippen LogP contribution in [0.3, 0.4) is 0 Å². The van der Waals surface area contributed by atoms with Gasteiger partial charge in [-0.1, -0.05) is 37.6 Å². The van der Waals surface area contributed by atoms with Crippen molar-refractivity contribution in [2.45, 2.75) is 25.9 Å². The van der Waals surface area contributed by atoms with E-state index in [4.69, 9.17) is 13.9 Å². The second-order valence-corrected chi connectivity index (χ2v) is 6.53. The molecule has 0 amide bonds. The predicted molar refractivity (Wildman–Crippen MR) is 104 cm³/mol. The largest absolute Gasteiger partial charge is 1.00 e. The minimum Gasteiger partial charge on any atom is -0.542 e. The topological polar surface area (TPSA) is 109 Å². The van der Waals surface area contributed by atoms with Gasteiger partial charge in [-0.15, -0.1) is 0 Å². The summed E-state index contributed by atoms with van der Waals surface area (Å²) in [5.41, 5.74) is 0.562. The number of para-hydroxylation sites is 1. The van der Waals surface area contributed by atoms with Crippen LogP contribution in [0.2, 0.25) is 0 Å². The fourth-order valence-electron chi connectivity index (χ4n) is 2.94. The number of aromatic carboxylic acids is 1. The van der Waals surface area contributed by atoms with Crippen molar-refractivity contribution in [1.29, 1.82) is 0 Å². The number of carbonyl (C=O) groups is 1. The van der Waals surface area contributed by atoms with Crippen LogP contribution in [0.25, 0.3) is 11.0 Å². The molecule has 1 unspecified atom stereocenters. The van der Waals surface area contributed by atoms with Gasteiger partial charge in [0, 0.05) is 6.07 Å². The van der Waals surface area contributed by atoms with Crippen LogP contribution in [-0.4, -0.2) is 30.4 Å². The number of fused-ring (bicyclic) bond motifs is 1. The maximum Gasteiger partial charge on any atom is 1.00 e. The van der Waals surface area contributed by atoms with Gasteiger partial charge >= 0.3 is 29.6 Å². The number of carboxylic acid groups (broad SMARTS) is 1. The van der Waals surface area contributed by atoms with Crippen molar-refractivity contribution >= 4 is 16.9 Å². The first-order chi connectivity index (χ1) is 14.0. The first-order valence-electron chi connectivity index (χ1n) is 9.29. The van der Waals surface area contributed by atoms with Crippen LogP contribution in [0.15, 0.2) is 57.7 Å². The summed E-state index contributed by atoms with van der Waals surface area (Å²) in [6.07, 6.45) is 0.923. The molecule has 2 aromatic carbocycles. The Morgan fingerprint density at radius 1 is 1.10 bits per heavy atom. The molecular formula is C22H21NaO7. The number of hydrogen-bond donors (Lipinski definition) is 1. The van der Waals surface area contributed by atoms with E-state index in [0.717, 1.165) is 24.5 Å². The fraction of sp³-hybridized carbons (Fsp3) is 0.273. The molecule has 7 nitrogen and oxygen atoms in total. The smallest absolute Gasteiger partial charge is 0.542 e. The first-order valence-corrected chi connectivity index (χ1v) is 9.29. The number of aryl methyl sites for hydroxylation is 1. The molecule has 3 rings (SSSR count). The minimum absolute atomic E-state index is 0. The van der Waals surface area contributed by atoms with E-state index in [-0.39, 0.29) is 59.5 Å². The number of carbonyl (C=O) groups excluding carboxylic acids is 1. The van der Waals surface area contributed by atoms with Gasteiger partial charge in [-0.05, 0) is 30.2 Å². The number of benzene rings is 2. The summed E-state index contributed by atoms with van der Waals surface area (Å²) in [5.74, 6) is -1.23. The van der Waals surface area contributed by atoms with E-state index in [0.29, 0.717) is 5.75 Å². The van der Waals surface area contributed by atoms with Crippen molar-refractivity contribution in [2.24, 2.45) is 0 Å². The Balaban J connectivity index is 0.00000320. The molecule has 8 heteroatoms. The van der Waals surface area contributed by atoms with Crippen LogP contribution >= 0.6 is 0 Å². The maximum absolute atomic E-state index is 12.3. The maximum atomic E-state index is 12.3. The Hall–Kier alpha value is -2.32. The molecule has 0 saturated carbocycles. The van der Waals surface area contributed by atoms with Crippen molar-refractivity contribution in [2.75, 3.05) is 13.2 Å². The number of carboxylic acids is 1. The Morgan fingerprint density at radius 3 is 2.47 bits per heavy atom. The predicted octanol–water partition coefficient (Wildman–Crippen LogP) is -1.07. The average molecular weight is 420 g/mol. The molecule has 1 atom stereocenters. The zero-order valence-electron chi connectivity index (χ0n) is 16.9. The summed E-state index contributed by atoms with van der Waals surface area (Å²) in [7, 11) is 0. The second-order valence-electron chi connectivity index (χ2n) is 6.53. The number of rotatable bonds is 9. The minimum atomic E-state index is -1.58. The van der Waals surface area contributed by atoms with Gasteiger partial charge in [0.15, 0.2) is 11.2 Å². The van der Waals surface area contributed by atoms with E-state index in [9.17, 15) is 19.8 Å². The van der Waals surface area contributed by atoms with Crippen LogP contribution in [-0.2, 0) is 6.42 Å². The van der Waals surface area contributed by atoms with Crippen molar-refractivity contribution in [1.82, 2.24) is 0 Å². The third-order valence-corrected chi connectivity index (χ3v) is 4.27. The molecule has 0 radical (unpaired) electrons. The molecule has 1 aromatic heterocycles. The first kappa shape index (κ1) is 24.0. The summed E-state index contributed by atoms with van der Waals surface area (Å²) >= 11 is 0. The van der Waals surface area contributed by atoms with Crippen LogP contribution in [0.1, 0.15) is 29.5 Å². The van der Waals surface area contributed by atoms with Crippen LogP contribution in [0.5, 0.6) is 11.5 Å². The van der Waals surface area contributed by atoms with E-state index in [2.05, 4.69) is 6.92 Å². The van der Waals surface area contributed by atoms with Crippen molar-refractivity contribution in [3.8, 4) is 11.5 Å². The Bertz CT molecular complexity index is 1060. The van der Waals surface area contributed by atoms with E-state index in [1.807, 2.05) is 24.3 Å². The quantitative estimate of drug-likeness (QED) is 0.439. The van der Waals surface area contributed by atoms with Crippen molar-refractivity contribution in [3.05, 3.63) is 70.1 Å². The third-order valence-electron chi connectivity index (χ3n) is 4.27. The van der Waals surface area contributed by atoms with Gasteiger partial charge in [0.05, 0.1) is 0 Å². The Morgan fingerprint density at radius 2 is 1.77 bits per heavy atom. The number of hydrogen-bond acceptors (Lipinski definition) is 7. The van der Waals surface area contributed by atoms with Gasteiger partial charge in [-0.25, -0.2) is 0 Å². The van der Waals surface area contributed by atoms with E-state index in [1.54, 1.807) is 12.1 Å². The van der Waals surface area contributed by atoms with Gasteiger partial charge in [0.25, 0.3) is 0 Å². The monoisotopic (exact) mass is 420 g/mol. The number of aliphatic hydroxyl groups is 1. The number of ether oxygens (including phenoxy) is 2. The molecular weight excluding hydrogens is 399 g/mol. The van der Waals surface area contributed by atoms with Crippen LogP contribution in [0, 0.1) is 0 Å². The molecule has 0 aliphatic heterocycles. The van der Waals surface area contributed by atoms with Gasteiger partial charge in [-0.2, -0.15) is 0 Å². The average Bonchev–Trinajstić information content (AvgIpc) is 2.71. The number of aliphatic hydroxyl groups excluding tert-OH is 1. The van der Waals surface area contributed by atoms with Crippen LogP contribution < -0.4 is 49.6 Å². The molecule has 30 heavy (non-hydrogen) atoms. The summed E-state index contributed by atoms with van der Waals surface area (Å²) < 4.78 is 16.4. The van der Waals surface area contributed by atoms with Gasteiger partial charge in [0.1, 0.15) is 47.8 Å². The summed E-state index contributed by atoms with van der Waals surface area (Å²) in [6.45, 7) is 1.99. The zero-order valence-corrected chi connectivity index (χ0v) is 18.9. The van der Waals surface area contributed by atoms with E-state index < -0.39 is 23.3 Å². The second kappa shape index (κ2) is 11.2. The molecule has 0 spiro atoms. The standard InChI is InChI=1S/C22H22O7.Na/c1-2-6-14-7-3-4-8-17(14)27-12-15(23)13-28-18-9-5-10-19-21(18)16(24)11-20(29-19)22(25)26;/h3-5,7-11,15,23H,2,6,12-13H2,1H3,(H,25,26);/q;+1/p-1. The zero-order chi connectivity index (χ0) is 20.8. The van der Waals surface area contributed by atoms with Crippen LogP contribution in [0.4, 0.5) is 0 Å². The van der Waals surface area contributed by atoms with Crippen molar-refractivity contribution in [3.63, 3.8) is 0 Å². The van der Waals surface area contributed by atoms with Gasteiger partial charge in [0.2, 0.25) is 0 Å². The SMILES string of the molecule is CCCc1ccccc1OCC(O)COc1cccc2oc(C(=O)[O-])cc(=O)c12.[Na+]. The molecule has 1 heterocycles. The van der Waals surface area contributed by atoms with E-state index in [1.165, 1.54) is 6.07 Å². The summed E-state index contributed by atoms with van der Waals surface area (Å²) in [4.78, 5) is 23.2. The molecule has 0 saturated heterocycles. The van der Waals surface area contributed by atoms with E-state index >= 15 is 0 Å². The molecule has 0 aliphatic rings. The normalized spacial score (nSPS) is 11.5. The molecule has 0 bridgehead atoms. The molecule has 152 valence electrons. The molecule has 0 fully saturated rings.